The SMILES string of the molecule is Cc1c(O)cccc1C(=O)N(C)C(C)c1cccs1. The van der Waals surface area contributed by atoms with Gasteiger partial charge in [-0.2, -0.15) is 0 Å². The van der Waals surface area contributed by atoms with E-state index >= 15 is 0 Å². The van der Waals surface area contributed by atoms with Crippen LogP contribution in [0, 0.1) is 6.92 Å². The highest BCUT2D eigenvalue weighted by Crippen LogP contribution is 2.27. The standard InChI is InChI=1S/C15H17NO2S/c1-10-12(6-4-7-13(10)17)15(18)16(3)11(2)14-8-5-9-19-14/h4-9,11,17H,1-3H3. The van der Waals surface area contributed by atoms with Crippen LogP contribution in [0.15, 0.2) is 35.7 Å². The van der Waals surface area contributed by atoms with Gasteiger partial charge in [-0.05, 0) is 37.4 Å². The molecule has 0 saturated heterocycles. The molecule has 4 heteroatoms. The fourth-order valence-corrected chi connectivity index (χ4v) is 2.77. The van der Waals surface area contributed by atoms with Gasteiger partial charge in [0.15, 0.2) is 0 Å². The van der Waals surface area contributed by atoms with Gasteiger partial charge in [0.1, 0.15) is 5.75 Å². The molecule has 1 unspecified atom stereocenters. The molecule has 1 N–H and O–H groups in total. The molecule has 0 aliphatic rings. The van der Waals surface area contributed by atoms with Crippen molar-refractivity contribution in [2.24, 2.45) is 0 Å². The van der Waals surface area contributed by atoms with Crippen molar-refractivity contribution in [3.8, 4) is 5.75 Å². The van der Waals surface area contributed by atoms with Gasteiger partial charge in [0.2, 0.25) is 0 Å². The highest BCUT2D eigenvalue weighted by Gasteiger charge is 2.21. The summed E-state index contributed by atoms with van der Waals surface area (Å²) in [5, 5.41) is 11.7. The van der Waals surface area contributed by atoms with Crippen LogP contribution in [0.3, 0.4) is 0 Å². The molecule has 2 aromatic rings. The third kappa shape index (κ3) is 2.63. The Kier molecular flexibility index (Phi) is 3.90. The lowest BCUT2D eigenvalue weighted by Crippen LogP contribution is -2.29. The van der Waals surface area contributed by atoms with Crippen molar-refractivity contribution >= 4 is 17.2 Å². The van der Waals surface area contributed by atoms with E-state index in [0.29, 0.717) is 11.1 Å². The number of carbonyl (C=O) groups is 1. The van der Waals surface area contributed by atoms with Crippen LogP contribution < -0.4 is 0 Å². The number of phenols is 1. The molecular weight excluding hydrogens is 258 g/mol. The number of carbonyl (C=O) groups excluding carboxylic acids is 1. The summed E-state index contributed by atoms with van der Waals surface area (Å²) in [6.07, 6.45) is 0. The number of hydrogen-bond acceptors (Lipinski definition) is 3. The summed E-state index contributed by atoms with van der Waals surface area (Å²) in [6.45, 7) is 3.76. The molecule has 100 valence electrons. The van der Waals surface area contributed by atoms with Gasteiger partial charge >= 0.3 is 0 Å². The molecule has 2 rings (SSSR count). The van der Waals surface area contributed by atoms with Crippen molar-refractivity contribution in [3.63, 3.8) is 0 Å². The van der Waals surface area contributed by atoms with Gasteiger partial charge in [-0.15, -0.1) is 11.3 Å². The van der Waals surface area contributed by atoms with Gasteiger partial charge in [0.05, 0.1) is 6.04 Å². The summed E-state index contributed by atoms with van der Waals surface area (Å²) in [4.78, 5) is 15.3. The number of benzene rings is 1. The van der Waals surface area contributed by atoms with Crippen LogP contribution in [0.25, 0.3) is 0 Å². The topological polar surface area (TPSA) is 40.5 Å². The third-order valence-electron chi connectivity index (χ3n) is 3.39. The molecule has 0 spiro atoms. The first kappa shape index (κ1) is 13.6. The van der Waals surface area contributed by atoms with Gasteiger partial charge in [-0.1, -0.05) is 12.1 Å². The summed E-state index contributed by atoms with van der Waals surface area (Å²) in [5.41, 5.74) is 1.17. The molecule has 0 saturated carbocycles. The molecule has 0 aliphatic heterocycles. The van der Waals surface area contributed by atoms with Crippen molar-refractivity contribution in [2.75, 3.05) is 7.05 Å². The highest BCUT2D eigenvalue weighted by molar-refractivity contribution is 7.10. The lowest BCUT2D eigenvalue weighted by atomic mass is 10.1. The number of nitrogens with zero attached hydrogens (tertiary/aromatic N) is 1. The first-order valence-corrected chi connectivity index (χ1v) is 6.99. The maximum absolute atomic E-state index is 12.5. The Bertz CT molecular complexity index is 578. The third-order valence-corrected chi connectivity index (χ3v) is 4.43. The van der Waals surface area contributed by atoms with Crippen LogP contribution in [-0.2, 0) is 0 Å². The van der Waals surface area contributed by atoms with Crippen LogP contribution in [0.5, 0.6) is 5.75 Å². The van der Waals surface area contributed by atoms with Crippen molar-refractivity contribution < 1.29 is 9.90 Å². The Balaban J connectivity index is 2.26. The van der Waals surface area contributed by atoms with Crippen molar-refractivity contribution in [1.29, 1.82) is 0 Å². The second-order valence-corrected chi connectivity index (χ2v) is 5.54. The number of aromatic hydroxyl groups is 1. The maximum Gasteiger partial charge on any atom is 0.254 e. The highest BCUT2D eigenvalue weighted by atomic mass is 32.1. The van der Waals surface area contributed by atoms with Gasteiger partial charge in [0, 0.05) is 23.1 Å². The monoisotopic (exact) mass is 275 g/mol. The van der Waals surface area contributed by atoms with Crippen LogP contribution in [-0.4, -0.2) is 23.0 Å². The molecule has 0 bridgehead atoms. The van der Waals surface area contributed by atoms with Crippen molar-refractivity contribution in [1.82, 2.24) is 4.90 Å². The predicted octanol–water partition coefficient (Wildman–Crippen LogP) is 3.60. The zero-order valence-electron chi connectivity index (χ0n) is 11.3. The Morgan fingerprint density at radius 2 is 2.05 bits per heavy atom. The smallest absolute Gasteiger partial charge is 0.254 e. The largest absolute Gasteiger partial charge is 0.508 e. The minimum absolute atomic E-state index is 0.0225. The number of phenolic OH excluding ortho intramolecular Hbond substituents is 1. The summed E-state index contributed by atoms with van der Waals surface area (Å²) >= 11 is 1.64. The molecular formula is C15H17NO2S. The van der Waals surface area contributed by atoms with Crippen LogP contribution >= 0.6 is 11.3 Å². The molecule has 1 amide bonds. The summed E-state index contributed by atoms with van der Waals surface area (Å²) in [7, 11) is 1.79. The minimum Gasteiger partial charge on any atom is -0.508 e. The Hall–Kier alpha value is -1.81. The summed E-state index contributed by atoms with van der Waals surface area (Å²) in [5.74, 6) is 0.0809. The van der Waals surface area contributed by atoms with Crippen molar-refractivity contribution in [2.45, 2.75) is 19.9 Å². The van der Waals surface area contributed by atoms with E-state index in [4.69, 9.17) is 0 Å². The number of rotatable bonds is 3. The summed E-state index contributed by atoms with van der Waals surface area (Å²) in [6, 6.07) is 9.06. The number of amides is 1. The number of hydrogen-bond donors (Lipinski definition) is 1. The first-order valence-electron chi connectivity index (χ1n) is 6.11. The predicted molar refractivity (Wildman–Crippen MR) is 77.7 cm³/mol. The van der Waals surface area contributed by atoms with Crippen LogP contribution in [0.4, 0.5) is 0 Å². The van der Waals surface area contributed by atoms with Crippen LogP contribution in [0.2, 0.25) is 0 Å². The molecule has 3 nitrogen and oxygen atoms in total. The van der Waals surface area contributed by atoms with Crippen LogP contribution in [0.1, 0.15) is 33.8 Å². The second-order valence-electron chi connectivity index (χ2n) is 4.56. The van der Waals surface area contributed by atoms with Gasteiger partial charge in [0.25, 0.3) is 5.91 Å². The lowest BCUT2D eigenvalue weighted by molar-refractivity contribution is 0.0743. The lowest BCUT2D eigenvalue weighted by Gasteiger charge is -2.25. The Labute approximate surface area is 117 Å². The van der Waals surface area contributed by atoms with E-state index in [1.807, 2.05) is 24.4 Å². The Morgan fingerprint density at radius 3 is 2.68 bits per heavy atom. The fourth-order valence-electron chi connectivity index (χ4n) is 1.94. The average molecular weight is 275 g/mol. The van der Waals surface area contributed by atoms with Gasteiger partial charge in [-0.3, -0.25) is 4.79 Å². The zero-order valence-corrected chi connectivity index (χ0v) is 12.1. The Morgan fingerprint density at radius 1 is 1.32 bits per heavy atom. The van der Waals surface area contributed by atoms with E-state index in [1.54, 1.807) is 48.4 Å². The molecule has 0 fully saturated rings. The van der Waals surface area contributed by atoms with E-state index in [9.17, 15) is 9.90 Å². The number of thiophene rings is 1. The maximum atomic E-state index is 12.5. The molecule has 1 aromatic carbocycles. The van der Waals surface area contributed by atoms with Crippen molar-refractivity contribution in [3.05, 3.63) is 51.7 Å². The van der Waals surface area contributed by atoms with E-state index < -0.39 is 0 Å². The van der Waals surface area contributed by atoms with E-state index in [-0.39, 0.29) is 17.7 Å². The fraction of sp³-hybridized carbons (Fsp3) is 0.267. The second kappa shape index (κ2) is 5.45. The average Bonchev–Trinajstić information content (AvgIpc) is 2.93. The molecule has 1 heterocycles. The molecule has 1 atom stereocenters. The van der Waals surface area contributed by atoms with Gasteiger partial charge < -0.3 is 10.0 Å². The van der Waals surface area contributed by atoms with E-state index in [1.165, 1.54) is 0 Å². The molecule has 0 aliphatic carbocycles. The molecule has 0 radical (unpaired) electrons. The quantitative estimate of drug-likeness (QED) is 0.930. The molecule has 19 heavy (non-hydrogen) atoms. The first-order chi connectivity index (χ1) is 9.02. The van der Waals surface area contributed by atoms with Gasteiger partial charge in [-0.25, -0.2) is 0 Å². The molecule has 1 aromatic heterocycles. The zero-order chi connectivity index (χ0) is 14.0. The minimum atomic E-state index is -0.0747. The normalized spacial score (nSPS) is 12.2. The van der Waals surface area contributed by atoms with E-state index in [0.717, 1.165) is 4.88 Å². The van der Waals surface area contributed by atoms with E-state index in [2.05, 4.69) is 0 Å². The summed E-state index contributed by atoms with van der Waals surface area (Å²) < 4.78 is 0.